The van der Waals surface area contributed by atoms with Crippen LogP contribution in [0, 0.1) is 5.92 Å². The summed E-state index contributed by atoms with van der Waals surface area (Å²) in [5.41, 5.74) is 1.16. The Morgan fingerprint density at radius 3 is 2.52 bits per heavy atom. The molecule has 40 heavy (non-hydrogen) atoms. The third kappa shape index (κ3) is 5.85. The molecule has 0 unspecified atom stereocenters. The van der Waals surface area contributed by atoms with Crippen molar-refractivity contribution in [3.63, 3.8) is 0 Å². The minimum atomic E-state index is -2.89. The monoisotopic (exact) mass is 571 g/mol. The molecular weight excluding hydrogens is 544 g/mol. The molecule has 0 radical (unpaired) electrons. The number of benzene rings is 1. The van der Waals surface area contributed by atoms with Crippen LogP contribution in [-0.4, -0.2) is 49.4 Å². The summed E-state index contributed by atoms with van der Waals surface area (Å²) >= 11 is 5.89. The lowest BCUT2D eigenvalue weighted by atomic mass is 9.85. The molecule has 0 bridgehead atoms. The molecule has 1 amide bonds. The first-order valence-electron chi connectivity index (χ1n) is 13.0. The average molecular weight is 572 g/mol. The molecular formula is C28H28ClF2N5O4. The highest BCUT2D eigenvalue weighted by Crippen LogP contribution is 2.29. The largest absolute Gasteiger partial charge is 0.475 e. The number of alkyl halides is 2. The predicted molar refractivity (Wildman–Crippen MR) is 145 cm³/mol. The molecule has 12 heteroatoms. The van der Waals surface area contributed by atoms with E-state index in [0.29, 0.717) is 31.0 Å². The highest BCUT2D eigenvalue weighted by Gasteiger charge is 2.27. The molecule has 1 aliphatic rings. The van der Waals surface area contributed by atoms with Crippen molar-refractivity contribution in [2.45, 2.75) is 44.7 Å². The minimum Gasteiger partial charge on any atom is -0.475 e. The molecule has 210 valence electrons. The van der Waals surface area contributed by atoms with Crippen LogP contribution in [0.5, 0.6) is 5.88 Å². The SMILES string of the molecule is O=C(N[C@H]1CC[C@H](Cn2c(=O)n(-c3ccc(OCCO)nc3)c3ccccc32)CC1)c1cc(Cl)cnc1C(F)F. The first-order chi connectivity index (χ1) is 19.4. The van der Waals surface area contributed by atoms with Gasteiger partial charge in [-0.1, -0.05) is 23.7 Å². The van der Waals surface area contributed by atoms with E-state index in [2.05, 4.69) is 15.3 Å². The number of fused-ring (bicyclic) bond motifs is 1. The van der Waals surface area contributed by atoms with E-state index in [1.807, 2.05) is 24.3 Å². The van der Waals surface area contributed by atoms with E-state index in [0.717, 1.165) is 30.1 Å². The van der Waals surface area contributed by atoms with Crippen LogP contribution in [0.3, 0.4) is 0 Å². The second kappa shape index (κ2) is 12.1. The number of amides is 1. The summed E-state index contributed by atoms with van der Waals surface area (Å²) in [6.45, 7) is 0.516. The number of pyridine rings is 2. The standard InChI is InChI=1S/C28H28ClF2N5O4/c29-18-13-21(25(26(30)31)33-14-18)27(38)34-19-7-5-17(6-8-19)16-35-22-3-1-2-4-23(22)36(28(35)39)20-9-10-24(32-15-20)40-12-11-37/h1-4,9-10,13-15,17,19,26,37H,5-8,11-12,16H2,(H,34,38)/t17-,19-. The third-order valence-electron chi connectivity index (χ3n) is 7.11. The van der Waals surface area contributed by atoms with Crippen molar-refractivity contribution in [3.05, 3.63) is 81.6 Å². The summed E-state index contributed by atoms with van der Waals surface area (Å²) in [7, 11) is 0. The fourth-order valence-corrected chi connectivity index (χ4v) is 5.35. The number of imidazole rings is 1. The number of nitrogens with zero attached hydrogens (tertiary/aromatic N) is 4. The van der Waals surface area contributed by atoms with E-state index < -0.39 is 18.0 Å². The number of carbonyl (C=O) groups is 1. The summed E-state index contributed by atoms with van der Waals surface area (Å²) < 4.78 is 35.4. The van der Waals surface area contributed by atoms with E-state index >= 15 is 0 Å². The van der Waals surface area contributed by atoms with Gasteiger partial charge in [0.2, 0.25) is 5.88 Å². The molecule has 4 aromatic rings. The van der Waals surface area contributed by atoms with Crippen molar-refractivity contribution in [2.24, 2.45) is 5.92 Å². The number of hydrogen-bond acceptors (Lipinski definition) is 6. The van der Waals surface area contributed by atoms with Crippen LogP contribution in [0.2, 0.25) is 5.02 Å². The van der Waals surface area contributed by atoms with Crippen molar-refractivity contribution in [1.82, 2.24) is 24.4 Å². The smallest absolute Gasteiger partial charge is 0.333 e. The summed E-state index contributed by atoms with van der Waals surface area (Å²) in [5, 5.41) is 11.9. The number of aliphatic hydroxyl groups excluding tert-OH is 1. The third-order valence-corrected chi connectivity index (χ3v) is 7.32. The molecule has 5 rings (SSSR count). The van der Waals surface area contributed by atoms with Crippen molar-refractivity contribution >= 4 is 28.5 Å². The molecule has 1 aliphatic carbocycles. The zero-order valence-electron chi connectivity index (χ0n) is 21.5. The Bertz CT molecular complexity index is 1550. The van der Waals surface area contributed by atoms with Gasteiger partial charge in [0, 0.05) is 24.8 Å². The molecule has 1 saturated carbocycles. The number of halogens is 3. The first-order valence-corrected chi connectivity index (χ1v) is 13.4. The fourth-order valence-electron chi connectivity index (χ4n) is 5.19. The summed E-state index contributed by atoms with van der Waals surface area (Å²) in [4.78, 5) is 34.2. The highest BCUT2D eigenvalue weighted by atomic mass is 35.5. The van der Waals surface area contributed by atoms with Gasteiger partial charge in [-0.3, -0.25) is 18.9 Å². The topological polar surface area (TPSA) is 111 Å². The number of aromatic nitrogens is 4. The van der Waals surface area contributed by atoms with Gasteiger partial charge >= 0.3 is 5.69 Å². The van der Waals surface area contributed by atoms with E-state index in [1.165, 1.54) is 6.07 Å². The molecule has 0 spiro atoms. The Morgan fingerprint density at radius 2 is 1.85 bits per heavy atom. The van der Waals surface area contributed by atoms with Gasteiger partial charge in [-0.2, -0.15) is 0 Å². The van der Waals surface area contributed by atoms with E-state index in [-0.39, 0.29) is 41.4 Å². The van der Waals surface area contributed by atoms with E-state index in [1.54, 1.807) is 27.5 Å². The van der Waals surface area contributed by atoms with Crippen LogP contribution < -0.4 is 15.7 Å². The Kier molecular flexibility index (Phi) is 8.41. The molecule has 2 N–H and O–H groups in total. The molecule has 3 heterocycles. The van der Waals surface area contributed by atoms with Gasteiger partial charge in [0.1, 0.15) is 12.3 Å². The van der Waals surface area contributed by atoms with Crippen molar-refractivity contribution in [1.29, 1.82) is 0 Å². The predicted octanol–water partition coefficient (Wildman–Crippen LogP) is 4.53. The van der Waals surface area contributed by atoms with Crippen LogP contribution in [-0.2, 0) is 6.54 Å². The highest BCUT2D eigenvalue weighted by molar-refractivity contribution is 6.30. The minimum absolute atomic E-state index is 0.115. The van der Waals surface area contributed by atoms with Crippen LogP contribution in [0.4, 0.5) is 8.78 Å². The van der Waals surface area contributed by atoms with Gasteiger partial charge in [-0.05, 0) is 55.9 Å². The fraction of sp³-hybridized carbons (Fsp3) is 0.357. The maximum atomic E-state index is 13.6. The van der Waals surface area contributed by atoms with E-state index in [4.69, 9.17) is 21.4 Å². The Morgan fingerprint density at radius 1 is 1.10 bits per heavy atom. The maximum Gasteiger partial charge on any atom is 0.333 e. The zero-order valence-corrected chi connectivity index (χ0v) is 22.2. The number of carbonyl (C=O) groups excluding carboxylic acids is 1. The molecule has 9 nitrogen and oxygen atoms in total. The zero-order chi connectivity index (χ0) is 28.2. The Balaban J connectivity index is 1.28. The molecule has 1 aromatic carbocycles. The number of nitrogens with one attached hydrogen (secondary N) is 1. The van der Waals surface area contributed by atoms with Gasteiger partial charge in [0.05, 0.1) is 40.1 Å². The van der Waals surface area contributed by atoms with Crippen molar-refractivity contribution in [3.8, 4) is 11.6 Å². The van der Waals surface area contributed by atoms with Crippen LogP contribution in [0.15, 0.2) is 59.7 Å². The van der Waals surface area contributed by atoms with Gasteiger partial charge < -0.3 is 15.2 Å². The van der Waals surface area contributed by atoms with Crippen molar-refractivity contribution < 1.29 is 23.4 Å². The Labute approximate surface area is 233 Å². The maximum absolute atomic E-state index is 13.6. The number of para-hydroxylation sites is 2. The van der Waals surface area contributed by atoms with Gasteiger partial charge in [-0.25, -0.2) is 18.6 Å². The summed E-state index contributed by atoms with van der Waals surface area (Å²) in [5.74, 6) is -0.0631. The summed E-state index contributed by atoms with van der Waals surface area (Å²) in [6, 6.07) is 12.0. The molecule has 0 atom stereocenters. The van der Waals surface area contributed by atoms with Crippen LogP contribution >= 0.6 is 11.6 Å². The lowest BCUT2D eigenvalue weighted by molar-refractivity contribution is 0.0904. The van der Waals surface area contributed by atoms with Crippen LogP contribution in [0.1, 0.15) is 48.2 Å². The second-order valence-electron chi connectivity index (χ2n) is 9.72. The summed E-state index contributed by atoms with van der Waals surface area (Å²) in [6.07, 6.45) is 2.59. The molecule has 0 saturated heterocycles. The Hall–Kier alpha value is -3.83. The molecule has 0 aliphatic heterocycles. The second-order valence-corrected chi connectivity index (χ2v) is 10.2. The molecule has 1 fully saturated rings. The van der Waals surface area contributed by atoms with E-state index in [9.17, 15) is 18.4 Å². The quantitative estimate of drug-likeness (QED) is 0.305. The lowest BCUT2D eigenvalue weighted by Gasteiger charge is -2.29. The number of aliphatic hydroxyl groups is 1. The number of ether oxygens (including phenoxy) is 1. The van der Waals surface area contributed by atoms with Gasteiger partial charge in [0.25, 0.3) is 12.3 Å². The van der Waals surface area contributed by atoms with Gasteiger partial charge in [-0.15, -0.1) is 0 Å². The average Bonchev–Trinajstić information content (AvgIpc) is 3.23. The molecule has 3 aromatic heterocycles. The van der Waals surface area contributed by atoms with Crippen LogP contribution in [0.25, 0.3) is 16.7 Å². The first kappa shape index (κ1) is 27.7. The van der Waals surface area contributed by atoms with Crippen molar-refractivity contribution in [2.75, 3.05) is 13.2 Å². The lowest BCUT2D eigenvalue weighted by Crippen LogP contribution is -2.39. The van der Waals surface area contributed by atoms with Gasteiger partial charge in [0.15, 0.2) is 0 Å². The number of hydrogen-bond donors (Lipinski definition) is 2. The number of rotatable bonds is 9. The normalized spacial score (nSPS) is 17.3.